The van der Waals surface area contributed by atoms with Gasteiger partial charge in [-0.3, -0.25) is 4.79 Å². The van der Waals surface area contributed by atoms with E-state index in [1.807, 2.05) is 17.0 Å². The van der Waals surface area contributed by atoms with Crippen LogP contribution in [-0.2, 0) is 11.0 Å². The molecule has 1 fully saturated rings. The second-order valence-corrected chi connectivity index (χ2v) is 11.6. The SMILES string of the molecule is O=c1[nH]nc(Cc2ccc(F)c(P3(=O)CCN(c4cc(Cl)ncn4)CC3)c2)c2ccccc12. The van der Waals surface area contributed by atoms with E-state index in [1.165, 1.54) is 12.4 Å². The monoisotopic (exact) mass is 483 g/mol. The molecule has 1 aliphatic heterocycles. The summed E-state index contributed by atoms with van der Waals surface area (Å²) < 4.78 is 28.6. The maximum atomic E-state index is 14.8. The van der Waals surface area contributed by atoms with Crippen LogP contribution < -0.4 is 15.8 Å². The molecule has 168 valence electrons. The Morgan fingerprint density at radius 1 is 1.06 bits per heavy atom. The zero-order valence-corrected chi connectivity index (χ0v) is 19.2. The lowest BCUT2D eigenvalue weighted by Gasteiger charge is -2.33. The van der Waals surface area contributed by atoms with Crippen molar-refractivity contribution in [2.24, 2.45) is 0 Å². The number of nitrogens with one attached hydrogen (secondary N) is 1. The molecule has 1 saturated heterocycles. The number of hydrogen-bond acceptors (Lipinski definition) is 6. The Morgan fingerprint density at radius 3 is 2.58 bits per heavy atom. The third kappa shape index (κ3) is 4.28. The fourth-order valence-electron chi connectivity index (χ4n) is 4.24. The van der Waals surface area contributed by atoms with Gasteiger partial charge in [0.2, 0.25) is 0 Å². The number of H-pyrrole nitrogens is 1. The first-order chi connectivity index (χ1) is 15.9. The van der Waals surface area contributed by atoms with Gasteiger partial charge in [0.05, 0.1) is 11.1 Å². The molecule has 0 atom stereocenters. The number of rotatable bonds is 4. The van der Waals surface area contributed by atoms with E-state index in [0.717, 1.165) is 10.9 Å². The fourth-order valence-corrected chi connectivity index (χ4v) is 7.08. The number of benzene rings is 2. The largest absolute Gasteiger partial charge is 0.356 e. The molecule has 0 amide bonds. The van der Waals surface area contributed by atoms with E-state index in [1.54, 1.807) is 30.3 Å². The highest BCUT2D eigenvalue weighted by Crippen LogP contribution is 2.47. The highest BCUT2D eigenvalue weighted by atomic mass is 35.5. The number of nitrogens with zero attached hydrogens (tertiary/aromatic N) is 4. The molecule has 0 unspecified atom stereocenters. The smallest absolute Gasteiger partial charge is 0.272 e. The van der Waals surface area contributed by atoms with Crippen molar-refractivity contribution in [2.75, 3.05) is 30.3 Å². The molecule has 2 aromatic carbocycles. The Bertz CT molecular complexity index is 1450. The summed E-state index contributed by atoms with van der Waals surface area (Å²) in [6.07, 6.45) is 2.46. The standard InChI is InChI=1S/C23H20ClFN5O2P/c24-21-13-22(27-14-26-21)30-7-9-33(32,10-8-30)20-12-15(5-6-18(20)25)11-19-16-3-1-2-4-17(16)23(31)29-28-19/h1-6,12-14H,7-11H2,(H,29,31). The molecule has 3 heterocycles. The summed E-state index contributed by atoms with van der Waals surface area (Å²) in [5.41, 5.74) is 1.21. The topological polar surface area (TPSA) is 91.8 Å². The van der Waals surface area contributed by atoms with Crippen molar-refractivity contribution >= 4 is 40.6 Å². The number of halogens is 2. The van der Waals surface area contributed by atoms with Gasteiger partial charge >= 0.3 is 0 Å². The second kappa shape index (κ2) is 8.69. The van der Waals surface area contributed by atoms with E-state index in [4.69, 9.17) is 11.6 Å². The molecule has 0 aliphatic carbocycles. The van der Waals surface area contributed by atoms with Crippen molar-refractivity contribution < 1.29 is 8.96 Å². The number of aromatic nitrogens is 4. The molecule has 0 saturated carbocycles. The maximum Gasteiger partial charge on any atom is 0.272 e. The van der Waals surface area contributed by atoms with Crippen molar-refractivity contribution in [1.82, 2.24) is 20.2 Å². The molecular formula is C23H20ClFN5O2P. The minimum atomic E-state index is -2.93. The van der Waals surface area contributed by atoms with E-state index < -0.39 is 13.0 Å². The Hall–Kier alpha value is -3.09. The lowest BCUT2D eigenvalue weighted by Crippen LogP contribution is -2.38. The molecular weight excluding hydrogens is 464 g/mol. The first-order valence-corrected chi connectivity index (χ1v) is 12.9. The first kappa shape index (κ1) is 21.7. The van der Waals surface area contributed by atoms with Gasteiger partial charge in [0, 0.05) is 48.6 Å². The van der Waals surface area contributed by atoms with Crippen molar-refractivity contribution in [1.29, 1.82) is 0 Å². The van der Waals surface area contributed by atoms with Crippen molar-refractivity contribution in [3.05, 3.63) is 87.4 Å². The number of hydrogen-bond donors (Lipinski definition) is 1. The normalized spacial score (nSPS) is 15.6. The van der Waals surface area contributed by atoms with Gasteiger partial charge in [-0.05, 0) is 23.8 Å². The summed E-state index contributed by atoms with van der Waals surface area (Å²) in [5, 5.41) is 8.64. The minimum Gasteiger partial charge on any atom is -0.356 e. The Labute approximate surface area is 194 Å². The zero-order valence-electron chi connectivity index (χ0n) is 17.5. The molecule has 5 rings (SSSR count). The molecule has 1 N–H and O–H groups in total. The third-order valence-corrected chi connectivity index (χ3v) is 9.27. The van der Waals surface area contributed by atoms with Crippen LogP contribution in [0.5, 0.6) is 0 Å². The van der Waals surface area contributed by atoms with E-state index in [0.29, 0.717) is 53.9 Å². The van der Waals surface area contributed by atoms with Crippen LogP contribution in [0.15, 0.2) is 59.7 Å². The molecule has 0 bridgehead atoms. The molecule has 10 heteroatoms. The van der Waals surface area contributed by atoms with Crippen LogP contribution in [0.1, 0.15) is 11.3 Å². The predicted octanol–water partition coefficient (Wildman–Crippen LogP) is 3.61. The van der Waals surface area contributed by atoms with Crippen LogP contribution in [0.4, 0.5) is 10.2 Å². The van der Waals surface area contributed by atoms with Crippen LogP contribution in [0.3, 0.4) is 0 Å². The summed E-state index contributed by atoms with van der Waals surface area (Å²) in [5.74, 6) is 0.214. The number of fused-ring (bicyclic) bond motifs is 1. The summed E-state index contributed by atoms with van der Waals surface area (Å²) in [6, 6.07) is 13.6. The lowest BCUT2D eigenvalue weighted by molar-refractivity contribution is 0.571. The van der Waals surface area contributed by atoms with E-state index in [2.05, 4.69) is 20.2 Å². The molecule has 33 heavy (non-hydrogen) atoms. The van der Waals surface area contributed by atoms with E-state index in [9.17, 15) is 13.8 Å². The van der Waals surface area contributed by atoms with Gasteiger partial charge in [-0.15, -0.1) is 0 Å². The van der Waals surface area contributed by atoms with Crippen LogP contribution in [0, 0.1) is 5.82 Å². The summed E-state index contributed by atoms with van der Waals surface area (Å²) in [7, 11) is -2.93. The third-order valence-electron chi connectivity index (χ3n) is 6.00. The van der Waals surface area contributed by atoms with Crippen LogP contribution >= 0.6 is 18.7 Å². The number of anilines is 1. The summed E-state index contributed by atoms with van der Waals surface area (Å²) in [6.45, 7) is 0.973. The van der Waals surface area contributed by atoms with Crippen LogP contribution in [-0.4, -0.2) is 45.6 Å². The van der Waals surface area contributed by atoms with Crippen molar-refractivity contribution in [2.45, 2.75) is 6.42 Å². The predicted molar refractivity (Wildman–Crippen MR) is 128 cm³/mol. The fraction of sp³-hybridized carbons (Fsp3) is 0.217. The molecule has 1 aliphatic rings. The van der Waals surface area contributed by atoms with Crippen LogP contribution in [0.25, 0.3) is 10.8 Å². The molecule has 0 radical (unpaired) electrons. The quantitative estimate of drug-likeness (QED) is 0.352. The second-order valence-electron chi connectivity index (χ2n) is 8.03. The Balaban J connectivity index is 1.41. The average Bonchev–Trinajstić information content (AvgIpc) is 2.82. The van der Waals surface area contributed by atoms with Gasteiger partial charge in [0.25, 0.3) is 5.56 Å². The molecule has 2 aromatic heterocycles. The Kier molecular flexibility index (Phi) is 5.72. The lowest BCUT2D eigenvalue weighted by atomic mass is 10.0. The number of aromatic amines is 1. The van der Waals surface area contributed by atoms with Gasteiger partial charge in [-0.2, -0.15) is 5.10 Å². The zero-order chi connectivity index (χ0) is 23.0. The van der Waals surface area contributed by atoms with Gasteiger partial charge in [-0.25, -0.2) is 19.5 Å². The highest BCUT2D eigenvalue weighted by molar-refractivity contribution is 7.71. The molecule has 0 spiro atoms. The van der Waals surface area contributed by atoms with Crippen molar-refractivity contribution in [3.8, 4) is 0 Å². The highest BCUT2D eigenvalue weighted by Gasteiger charge is 2.33. The van der Waals surface area contributed by atoms with Crippen LogP contribution in [0.2, 0.25) is 5.15 Å². The molecule has 4 aromatic rings. The first-order valence-electron chi connectivity index (χ1n) is 10.5. The minimum absolute atomic E-state index is 0.254. The van der Waals surface area contributed by atoms with Gasteiger partial charge < -0.3 is 9.46 Å². The molecule has 7 nitrogen and oxygen atoms in total. The summed E-state index contributed by atoms with van der Waals surface area (Å²) in [4.78, 5) is 22.2. The van der Waals surface area contributed by atoms with Gasteiger partial charge in [-0.1, -0.05) is 35.9 Å². The van der Waals surface area contributed by atoms with Gasteiger partial charge in [0.1, 0.15) is 30.3 Å². The maximum absolute atomic E-state index is 14.8. The summed E-state index contributed by atoms with van der Waals surface area (Å²) >= 11 is 5.96. The average molecular weight is 484 g/mol. The van der Waals surface area contributed by atoms with Crippen molar-refractivity contribution in [3.63, 3.8) is 0 Å². The van der Waals surface area contributed by atoms with E-state index >= 15 is 0 Å². The van der Waals surface area contributed by atoms with E-state index in [-0.39, 0.29) is 10.9 Å². The van der Waals surface area contributed by atoms with Gasteiger partial charge in [0.15, 0.2) is 0 Å². The Morgan fingerprint density at radius 2 is 1.82 bits per heavy atom.